The van der Waals surface area contributed by atoms with Crippen molar-refractivity contribution in [2.45, 2.75) is 32.2 Å². The summed E-state index contributed by atoms with van der Waals surface area (Å²) in [7, 11) is 0. The molecular formula is C19H19ClN4O. The summed E-state index contributed by atoms with van der Waals surface area (Å²) in [6.45, 7) is 3.08. The van der Waals surface area contributed by atoms with Crippen molar-refractivity contribution in [3.8, 4) is 11.1 Å². The molecule has 0 saturated carbocycles. The molecule has 6 heteroatoms. The molecule has 0 aliphatic carbocycles. The number of nitrogens with zero attached hydrogens (tertiary/aromatic N) is 3. The van der Waals surface area contributed by atoms with Gasteiger partial charge in [0.2, 0.25) is 5.95 Å². The molecule has 0 unspecified atom stereocenters. The molecule has 0 bridgehead atoms. The van der Waals surface area contributed by atoms with E-state index in [0.717, 1.165) is 30.5 Å². The zero-order chi connectivity index (χ0) is 17.4. The van der Waals surface area contributed by atoms with Crippen molar-refractivity contribution in [3.05, 3.63) is 51.9 Å². The number of fused-ring (bicyclic) bond motifs is 1. The SMILES string of the molecule is C[C@@H]1CCCCN1c1nc2nccc(-c3ccc(Cl)cc3)c2c(=O)[nH]1. The van der Waals surface area contributed by atoms with Crippen LogP contribution in [0.5, 0.6) is 0 Å². The van der Waals surface area contributed by atoms with Gasteiger partial charge in [-0.1, -0.05) is 23.7 Å². The Balaban J connectivity index is 1.86. The first kappa shape index (κ1) is 16.1. The molecular weight excluding hydrogens is 336 g/mol. The maximum absolute atomic E-state index is 12.8. The van der Waals surface area contributed by atoms with E-state index >= 15 is 0 Å². The molecule has 2 aromatic heterocycles. The van der Waals surface area contributed by atoms with Crippen molar-refractivity contribution in [3.63, 3.8) is 0 Å². The van der Waals surface area contributed by atoms with Gasteiger partial charge in [0, 0.05) is 23.8 Å². The zero-order valence-electron chi connectivity index (χ0n) is 14.0. The normalized spacial score (nSPS) is 17.8. The van der Waals surface area contributed by atoms with Crippen molar-refractivity contribution in [2.24, 2.45) is 0 Å². The quantitative estimate of drug-likeness (QED) is 0.755. The van der Waals surface area contributed by atoms with E-state index in [1.807, 2.05) is 30.3 Å². The summed E-state index contributed by atoms with van der Waals surface area (Å²) in [5.41, 5.74) is 2.05. The van der Waals surface area contributed by atoms with Gasteiger partial charge < -0.3 is 4.90 Å². The van der Waals surface area contributed by atoms with E-state index in [-0.39, 0.29) is 5.56 Å². The molecule has 1 fully saturated rings. The molecule has 128 valence electrons. The van der Waals surface area contributed by atoms with Gasteiger partial charge >= 0.3 is 0 Å². The lowest BCUT2D eigenvalue weighted by Crippen LogP contribution is -2.39. The van der Waals surface area contributed by atoms with Crippen LogP contribution < -0.4 is 10.5 Å². The summed E-state index contributed by atoms with van der Waals surface area (Å²) in [6.07, 6.45) is 5.14. The number of hydrogen-bond acceptors (Lipinski definition) is 4. The molecule has 0 spiro atoms. The van der Waals surface area contributed by atoms with Crippen molar-refractivity contribution >= 4 is 28.6 Å². The van der Waals surface area contributed by atoms with E-state index in [2.05, 4.69) is 26.8 Å². The number of rotatable bonds is 2. The Kier molecular flexibility index (Phi) is 4.17. The third kappa shape index (κ3) is 3.00. The highest BCUT2D eigenvalue weighted by molar-refractivity contribution is 6.30. The van der Waals surface area contributed by atoms with Gasteiger partial charge in [0.15, 0.2) is 5.65 Å². The lowest BCUT2D eigenvalue weighted by molar-refractivity contribution is 0.477. The highest BCUT2D eigenvalue weighted by atomic mass is 35.5. The molecule has 1 saturated heterocycles. The van der Waals surface area contributed by atoms with E-state index in [1.165, 1.54) is 6.42 Å². The van der Waals surface area contributed by atoms with Gasteiger partial charge in [-0.3, -0.25) is 9.78 Å². The Morgan fingerprint density at radius 2 is 2.00 bits per heavy atom. The highest BCUT2D eigenvalue weighted by Gasteiger charge is 2.22. The topological polar surface area (TPSA) is 61.9 Å². The lowest BCUT2D eigenvalue weighted by Gasteiger charge is -2.33. The number of halogens is 1. The number of aromatic nitrogens is 3. The van der Waals surface area contributed by atoms with Crippen LogP contribution in [0.15, 0.2) is 41.3 Å². The summed E-state index contributed by atoms with van der Waals surface area (Å²) in [5.74, 6) is 0.616. The van der Waals surface area contributed by atoms with Gasteiger partial charge in [0.25, 0.3) is 5.56 Å². The Bertz CT molecular complexity index is 967. The van der Waals surface area contributed by atoms with E-state index in [9.17, 15) is 4.79 Å². The molecule has 3 aromatic rings. The molecule has 1 atom stereocenters. The Morgan fingerprint density at radius 3 is 2.76 bits per heavy atom. The van der Waals surface area contributed by atoms with Crippen LogP contribution in [0.3, 0.4) is 0 Å². The average molecular weight is 355 g/mol. The number of H-pyrrole nitrogens is 1. The van der Waals surface area contributed by atoms with Gasteiger partial charge in [0.05, 0.1) is 5.39 Å². The summed E-state index contributed by atoms with van der Waals surface area (Å²) in [5, 5.41) is 1.17. The fourth-order valence-electron chi connectivity index (χ4n) is 3.47. The monoisotopic (exact) mass is 354 g/mol. The second-order valence-corrected chi connectivity index (χ2v) is 6.93. The lowest BCUT2D eigenvalue weighted by atomic mass is 10.0. The molecule has 1 aromatic carbocycles. The summed E-state index contributed by atoms with van der Waals surface area (Å²) >= 11 is 5.97. The minimum absolute atomic E-state index is 0.157. The molecule has 3 heterocycles. The second kappa shape index (κ2) is 6.48. The molecule has 5 nitrogen and oxygen atoms in total. The first-order valence-corrected chi connectivity index (χ1v) is 8.93. The van der Waals surface area contributed by atoms with Crippen LogP contribution >= 0.6 is 11.6 Å². The summed E-state index contributed by atoms with van der Waals surface area (Å²) in [4.78, 5) is 26.9. The third-order valence-electron chi connectivity index (χ3n) is 4.83. The minimum atomic E-state index is -0.157. The van der Waals surface area contributed by atoms with Gasteiger partial charge in [-0.2, -0.15) is 4.98 Å². The highest BCUT2D eigenvalue weighted by Crippen LogP contribution is 2.27. The fourth-order valence-corrected chi connectivity index (χ4v) is 3.60. The third-order valence-corrected chi connectivity index (χ3v) is 5.08. The molecule has 0 radical (unpaired) electrons. The summed E-state index contributed by atoms with van der Waals surface area (Å²) in [6, 6.07) is 9.64. The van der Waals surface area contributed by atoms with E-state index in [4.69, 9.17) is 11.6 Å². The Hall–Kier alpha value is -2.40. The van der Waals surface area contributed by atoms with Gasteiger partial charge in [0.1, 0.15) is 0 Å². The van der Waals surface area contributed by atoms with Crippen LogP contribution in [-0.2, 0) is 0 Å². The molecule has 1 aliphatic heterocycles. The molecule has 4 rings (SSSR count). The van der Waals surface area contributed by atoms with Crippen molar-refractivity contribution < 1.29 is 0 Å². The van der Waals surface area contributed by atoms with E-state index < -0.39 is 0 Å². The Labute approximate surface area is 150 Å². The second-order valence-electron chi connectivity index (χ2n) is 6.49. The number of benzene rings is 1. The van der Waals surface area contributed by atoms with Crippen LogP contribution in [0.1, 0.15) is 26.2 Å². The molecule has 0 amide bonds. The van der Waals surface area contributed by atoms with Gasteiger partial charge in [-0.05, 0) is 55.5 Å². The Morgan fingerprint density at radius 1 is 1.20 bits per heavy atom. The van der Waals surface area contributed by atoms with Crippen molar-refractivity contribution in [1.82, 2.24) is 15.0 Å². The number of piperidine rings is 1. The van der Waals surface area contributed by atoms with E-state index in [0.29, 0.717) is 28.0 Å². The first-order chi connectivity index (χ1) is 12.1. The molecule has 1 N–H and O–H groups in total. The van der Waals surface area contributed by atoms with Gasteiger partial charge in [-0.15, -0.1) is 0 Å². The van der Waals surface area contributed by atoms with Crippen LogP contribution in [0.4, 0.5) is 5.95 Å². The fraction of sp³-hybridized carbons (Fsp3) is 0.316. The van der Waals surface area contributed by atoms with Crippen LogP contribution in [0.25, 0.3) is 22.2 Å². The predicted octanol–water partition coefficient (Wildman–Crippen LogP) is 4.02. The van der Waals surface area contributed by atoms with E-state index in [1.54, 1.807) is 6.20 Å². The van der Waals surface area contributed by atoms with Crippen molar-refractivity contribution in [1.29, 1.82) is 0 Å². The smallest absolute Gasteiger partial charge is 0.262 e. The van der Waals surface area contributed by atoms with Gasteiger partial charge in [-0.25, -0.2) is 4.98 Å². The number of aromatic amines is 1. The number of pyridine rings is 1. The number of nitrogens with one attached hydrogen (secondary N) is 1. The predicted molar refractivity (Wildman–Crippen MR) is 101 cm³/mol. The molecule has 25 heavy (non-hydrogen) atoms. The maximum Gasteiger partial charge on any atom is 0.262 e. The van der Waals surface area contributed by atoms with Crippen LogP contribution in [0.2, 0.25) is 5.02 Å². The first-order valence-electron chi connectivity index (χ1n) is 8.55. The average Bonchev–Trinajstić information content (AvgIpc) is 2.62. The number of hydrogen-bond donors (Lipinski definition) is 1. The standard InChI is InChI=1S/C19H19ClN4O/c1-12-4-2-3-11-24(12)19-22-17-16(18(25)23-19)15(9-10-21-17)13-5-7-14(20)8-6-13/h5-10,12H,2-4,11H2,1H3,(H,21,22,23,25)/t12-/m1/s1. The van der Waals surface area contributed by atoms with Crippen molar-refractivity contribution in [2.75, 3.05) is 11.4 Å². The minimum Gasteiger partial charge on any atom is -0.340 e. The maximum atomic E-state index is 12.8. The molecule has 1 aliphatic rings. The van der Waals surface area contributed by atoms with Crippen LogP contribution in [-0.4, -0.2) is 27.5 Å². The largest absolute Gasteiger partial charge is 0.340 e. The number of anilines is 1. The zero-order valence-corrected chi connectivity index (χ0v) is 14.8. The summed E-state index contributed by atoms with van der Waals surface area (Å²) < 4.78 is 0. The van der Waals surface area contributed by atoms with Crippen LogP contribution in [0, 0.1) is 0 Å².